The van der Waals surface area contributed by atoms with Crippen LogP contribution in [0.25, 0.3) is 27.9 Å². The molecule has 0 aliphatic rings. The van der Waals surface area contributed by atoms with E-state index in [1.165, 1.54) is 36.4 Å². The summed E-state index contributed by atoms with van der Waals surface area (Å²) in [5.74, 6) is -0.281. The first kappa shape index (κ1) is 21.2. The lowest BCUT2D eigenvalue weighted by atomic mass is 10.1. The Balaban J connectivity index is 1.45. The smallest absolute Gasteiger partial charge is 0.261 e. The maximum Gasteiger partial charge on any atom is 0.261 e. The summed E-state index contributed by atoms with van der Waals surface area (Å²) in [5, 5.41) is 0.466. The fourth-order valence-electron chi connectivity index (χ4n) is 3.58. The monoisotopic (exact) mass is 477 g/mol. The average molecular weight is 478 g/mol. The Bertz CT molecular complexity index is 1550. The molecule has 0 aliphatic heterocycles. The molecule has 0 atom stereocenters. The summed E-state index contributed by atoms with van der Waals surface area (Å²) in [5.41, 5.74) is 4.74. The number of halogens is 2. The Morgan fingerprint density at radius 2 is 1.52 bits per heavy atom. The number of sulfonamides is 1. The van der Waals surface area contributed by atoms with E-state index in [1.54, 1.807) is 30.5 Å². The molecule has 0 aliphatic carbocycles. The number of anilines is 1. The largest absolute Gasteiger partial charge is 0.320 e. The van der Waals surface area contributed by atoms with E-state index in [0.29, 0.717) is 10.7 Å². The van der Waals surface area contributed by atoms with Gasteiger partial charge in [-0.1, -0.05) is 35.9 Å². The molecule has 0 amide bonds. The van der Waals surface area contributed by atoms with E-state index < -0.39 is 10.0 Å². The SMILES string of the molecule is O=S(=O)(Nc1ccc(-c2nccn3cc(-c4ccc(F)cc4)cc23)cc1)c1ccc(Cl)cc1. The highest BCUT2D eigenvalue weighted by molar-refractivity contribution is 7.92. The second-order valence-corrected chi connectivity index (χ2v) is 9.56. The lowest BCUT2D eigenvalue weighted by Crippen LogP contribution is -2.12. The number of hydrogen-bond donors (Lipinski definition) is 1. The van der Waals surface area contributed by atoms with Gasteiger partial charge in [0.1, 0.15) is 5.82 Å². The van der Waals surface area contributed by atoms with Gasteiger partial charge in [-0.2, -0.15) is 0 Å². The van der Waals surface area contributed by atoms with Crippen molar-refractivity contribution in [3.8, 4) is 22.4 Å². The first-order chi connectivity index (χ1) is 15.9. The maximum atomic E-state index is 13.3. The minimum Gasteiger partial charge on any atom is -0.320 e. The molecule has 5 aromatic rings. The fourth-order valence-corrected chi connectivity index (χ4v) is 4.77. The molecule has 3 aromatic carbocycles. The van der Waals surface area contributed by atoms with Gasteiger partial charge in [-0.3, -0.25) is 9.71 Å². The van der Waals surface area contributed by atoms with Crippen LogP contribution in [-0.2, 0) is 10.0 Å². The summed E-state index contributed by atoms with van der Waals surface area (Å²) in [6.45, 7) is 0. The summed E-state index contributed by atoms with van der Waals surface area (Å²) >= 11 is 5.84. The Labute approximate surface area is 195 Å². The highest BCUT2D eigenvalue weighted by Gasteiger charge is 2.15. The number of nitrogens with one attached hydrogen (secondary N) is 1. The predicted octanol–water partition coefficient (Wildman–Crippen LogP) is 6.26. The molecule has 164 valence electrons. The van der Waals surface area contributed by atoms with E-state index in [1.807, 2.05) is 35.0 Å². The van der Waals surface area contributed by atoms with Crippen molar-refractivity contribution in [1.82, 2.24) is 9.38 Å². The first-order valence-corrected chi connectivity index (χ1v) is 11.9. The molecule has 5 rings (SSSR count). The predicted molar refractivity (Wildman–Crippen MR) is 128 cm³/mol. The van der Waals surface area contributed by atoms with Crippen molar-refractivity contribution >= 4 is 32.8 Å². The summed E-state index contributed by atoms with van der Waals surface area (Å²) in [7, 11) is -3.73. The zero-order valence-corrected chi connectivity index (χ0v) is 18.7. The fraction of sp³-hybridized carbons (Fsp3) is 0. The number of rotatable bonds is 5. The standard InChI is InChI=1S/C25H17ClFN3O2S/c26-20-5-11-23(12-6-20)33(31,32)29-22-9-3-18(4-10-22)25-24-15-19(16-30(24)14-13-28-25)17-1-7-21(27)8-2-17/h1-16,29H. The molecule has 8 heteroatoms. The normalized spacial score (nSPS) is 11.6. The van der Waals surface area contributed by atoms with Crippen LogP contribution in [0.2, 0.25) is 5.02 Å². The van der Waals surface area contributed by atoms with E-state index >= 15 is 0 Å². The van der Waals surface area contributed by atoms with Crippen LogP contribution in [0, 0.1) is 5.82 Å². The molecule has 0 saturated heterocycles. The van der Waals surface area contributed by atoms with Gasteiger partial charge < -0.3 is 4.40 Å². The first-order valence-electron chi connectivity index (χ1n) is 10.0. The third-order valence-electron chi connectivity index (χ3n) is 5.23. The summed E-state index contributed by atoms with van der Waals surface area (Å²) in [6.07, 6.45) is 5.51. The van der Waals surface area contributed by atoms with Gasteiger partial charge in [0.05, 0.1) is 16.1 Å². The van der Waals surface area contributed by atoms with Crippen LogP contribution in [0.4, 0.5) is 10.1 Å². The van der Waals surface area contributed by atoms with Crippen LogP contribution in [0.15, 0.2) is 102 Å². The molecule has 33 heavy (non-hydrogen) atoms. The van der Waals surface area contributed by atoms with Crippen molar-refractivity contribution in [2.24, 2.45) is 0 Å². The lowest BCUT2D eigenvalue weighted by Gasteiger charge is -2.09. The van der Waals surface area contributed by atoms with Crippen molar-refractivity contribution in [3.05, 3.63) is 108 Å². The molecule has 2 heterocycles. The molecule has 0 bridgehead atoms. The summed E-state index contributed by atoms with van der Waals surface area (Å²) in [6, 6.07) is 21.3. The van der Waals surface area contributed by atoms with Crippen molar-refractivity contribution in [1.29, 1.82) is 0 Å². The molecule has 0 saturated carbocycles. The van der Waals surface area contributed by atoms with Crippen molar-refractivity contribution in [2.45, 2.75) is 4.90 Å². The van der Waals surface area contributed by atoms with Crippen molar-refractivity contribution in [2.75, 3.05) is 4.72 Å². The van der Waals surface area contributed by atoms with Crippen LogP contribution in [-0.4, -0.2) is 17.8 Å². The number of hydrogen-bond acceptors (Lipinski definition) is 3. The summed E-state index contributed by atoms with van der Waals surface area (Å²) in [4.78, 5) is 4.65. The summed E-state index contributed by atoms with van der Waals surface area (Å²) < 4.78 is 43.0. The zero-order valence-electron chi connectivity index (χ0n) is 17.1. The number of benzene rings is 3. The van der Waals surface area contributed by atoms with E-state index in [0.717, 1.165) is 27.9 Å². The molecule has 0 spiro atoms. The van der Waals surface area contributed by atoms with Crippen molar-refractivity contribution in [3.63, 3.8) is 0 Å². The minimum atomic E-state index is -3.73. The maximum absolute atomic E-state index is 13.3. The molecule has 0 unspecified atom stereocenters. The molecule has 5 nitrogen and oxygen atoms in total. The average Bonchev–Trinajstić information content (AvgIpc) is 3.25. The quantitative estimate of drug-likeness (QED) is 0.325. The second-order valence-electron chi connectivity index (χ2n) is 7.44. The van der Waals surface area contributed by atoms with Crippen LogP contribution in [0.5, 0.6) is 0 Å². The van der Waals surface area contributed by atoms with Gasteiger partial charge in [0.25, 0.3) is 10.0 Å². The Morgan fingerprint density at radius 1 is 0.848 bits per heavy atom. The third-order valence-corrected chi connectivity index (χ3v) is 6.88. The van der Waals surface area contributed by atoms with E-state index in [4.69, 9.17) is 11.6 Å². The molecule has 0 radical (unpaired) electrons. The van der Waals surface area contributed by atoms with Crippen LogP contribution in [0.3, 0.4) is 0 Å². The van der Waals surface area contributed by atoms with E-state index in [2.05, 4.69) is 9.71 Å². The van der Waals surface area contributed by atoms with Crippen LogP contribution in [0.1, 0.15) is 0 Å². The van der Waals surface area contributed by atoms with E-state index in [9.17, 15) is 12.8 Å². The third kappa shape index (κ3) is 4.33. The molecule has 0 fully saturated rings. The minimum absolute atomic E-state index is 0.129. The molecular formula is C25H17ClFN3O2S. The van der Waals surface area contributed by atoms with Crippen molar-refractivity contribution < 1.29 is 12.8 Å². The highest BCUT2D eigenvalue weighted by Crippen LogP contribution is 2.29. The van der Waals surface area contributed by atoms with Gasteiger partial charge in [0.15, 0.2) is 0 Å². The van der Waals surface area contributed by atoms with Gasteiger partial charge in [0, 0.05) is 40.4 Å². The topological polar surface area (TPSA) is 63.5 Å². The molecular weight excluding hydrogens is 461 g/mol. The number of nitrogens with zero attached hydrogens (tertiary/aromatic N) is 2. The Kier molecular flexibility index (Phi) is 5.36. The molecule has 2 aromatic heterocycles. The van der Waals surface area contributed by atoms with Crippen LogP contribution >= 0.6 is 11.6 Å². The van der Waals surface area contributed by atoms with Gasteiger partial charge in [-0.15, -0.1) is 0 Å². The zero-order chi connectivity index (χ0) is 23.0. The van der Waals surface area contributed by atoms with Crippen LogP contribution < -0.4 is 4.72 Å². The lowest BCUT2D eigenvalue weighted by molar-refractivity contribution is 0.601. The van der Waals surface area contributed by atoms with Gasteiger partial charge >= 0.3 is 0 Å². The van der Waals surface area contributed by atoms with Gasteiger partial charge in [-0.05, 0) is 60.2 Å². The second kappa shape index (κ2) is 8.35. The number of fused-ring (bicyclic) bond motifs is 1. The number of aromatic nitrogens is 2. The van der Waals surface area contributed by atoms with E-state index in [-0.39, 0.29) is 10.7 Å². The highest BCUT2D eigenvalue weighted by atomic mass is 35.5. The molecule has 1 N–H and O–H groups in total. The Hall–Kier alpha value is -3.68. The van der Waals surface area contributed by atoms with Gasteiger partial charge in [0.2, 0.25) is 0 Å². The Morgan fingerprint density at radius 3 is 2.21 bits per heavy atom. The van der Waals surface area contributed by atoms with Gasteiger partial charge in [-0.25, -0.2) is 12.8 Å².